The number of carbonyl (C=O) groups is 2. The Morgan fingerprint density at radius 1 is 1.12 bits per heavy atom. The van der Waals surface area contributed by atoms with Crippen LogP contribution in [0.15, 0.2) is 47.6 Å². The first-order chi connectivity index (χ1) is 16.2. The number of rotatable bonds is 9. The fourth-order valence-corrected chi connectivity index (χ4v) is 4.30. The van der Waals surface area contributed by atoms with Crippen LogP contribution >= 0.6 is 11.8 Å². The zero-order valence-electron chi connectivity index (χ0n) is 20.1. The molecule has 2 N–H and O–H groups in total. The number of nitrogens with zero attached hydrogens (tertiary/aromatic N) is 3. The van der Waals surface area contributed by atoms with E-state index in [1.54, 1.807) is 4.57 Å². The third-order valence-electron chi connectivity index (χ3n) is 5.54. The molecule has 2 amide bonds. The third kappa shape index (κ3) is 6.02. The SMILES string of the molecule is CCc1cccc(C)c1NC(=O)CSc1nnc(C(NC(=O)c2ccc(F)cc2)C(C)C)n1C. The lowest BCUT2D eigenvalue weighted by atomic mass is 10.0. The summed E-state index contributed by atoms with van der Waals surface area (Å²) >= 11 is 1.28. The number of para-hydroxylation sites is 1. The Bertz CT molecular complexity index is 1160. The van der Waals surface area contributed by atoms with Gasteiger partial charge in [0.2, 0.25) is 5.91 Å². The lowest BCUT2D eigenvalue weighted by Crippen LogP contribution is -2.33. The van der Waals surface area contributed by atoms with Crippen molar-refractivity contribution in [1.82, 2.24) is 20.1 Å². The van der Waals surface area contributed by atoms with Crippen molar-refractivity contribution >= 4 is 29.3 Å². The second-order valence-electron chi connectivity index (χ2n) is 8.40. The maximum atomic E-state index is 13.2. The van der Waals surface area contributed by atoms with Crippen molar-refractivity contribution in [3.05, 3.63) is 70.8 Å². The maximum Gasteiger partial charge on any atom is 0.251 e. The molecule has 1 aromatic heterocycles. The van der Waals surface area contributed by atoms with Gasteiger partial charge in [0.1, 0.15) is 5.82 Å². The fraction of sp³-hybridized carbons (Fsp3) is 0.360. The molecule has 0 aliphatic carbocycles. The number of halogens is 1. The van der Waals surface area contributed by atoms with Crippen LogP contribution in [-0.2, 0) is 18.3 Å². The van der Waals surface area contributed by atoms with Gasteiger partial charge in [0, 0.05) is 18.3 Å². The number of amides is 2. The summed E-state index contributed by atoms with van der Waals surface area (Å²) in [5.74, 6) is -0.0479. The van der Waals surface area contributed by atoms with Crippen LogP contribution in [0.1, 0.15) is 54.1 Å². The van der Waals surface area contributed by atoms with Crippen LogP contribution in [0, 0.1) is 18.7 Å². The van der Waals surface area contributed by atoms with Gasteiger partial charge >= 0.3 is 0 Å². The van der Waals surface area contributed by atoms with Crippen LogP contribution < -0.4 is 10.6 Å². The number of aromatic nitrogens is 3. The van der Waals surface area contributed by atoms with Gasteiger partial charge in [0.15, 0.2) is 11.0 Å². The van der Waals surface area contributed by atoms with E-state index >= 15 is 0 Å². The van der Waals surface area contributed by atoms with E-state index in [9.17, 15) is 14.0 Å². The highest BCUT2D eigenvalue weighted by molar-refractivity contribution is 7.99. The summed E-state index contributed by atoms with van der Waals surface area (Å²) < 4.78 is 15.0. The zero-order chi connectivity index (χ0) is 24.8. The van der Waals surface area contributed by atoms with Gasteiger partial charge in [-0.05, 0) is 54.7 Å². The molecule has 34 heavy (non-hydrogen) atoms. The van der Waals surface area contributed by atoms with E-state index in [1.807, 2.05) is 46.0 Å². The maximum absolute atomic E-state index is 13.2. The predicted molar refractivity (Wildman–Crippen MR) is 132 cm³/mol. The number of anilines is 1. The number of hydrogen-bond donors (Lipinski definition) is 2. The molecule has 0 bridgehead atoms. The minimum absolute atomic E-state index is 0.0296. The molecule has 3 aromatic rings. The van der Waals surface area contributed by atoms with Crippen LogP contribution in [0.3, 0.4) is 0 Å². The van der Waals surface area contributed by atoms with Gasteiger partial charge in [0.25, 0.3) is 5.91 Å². The molecular formula is C25H30FN5O2S. The Morgan fingerprint density at radius 3 is 2.47 bits per heavy atom. The molecule has 1 atom stereocenters. The zero-order valence-corrected chi connectivity index (χ0v) is 20.9. The Morgan fingerprint density at radius 2 is 1.82 bits per heavy atom. The van der Waals surface area contributed by atoms with Crippen LogP contribution in [0.5, 0.6) is 0 Å². The van der Waals surface area contributed by atoms with E-state index in [1.165, 1.54) is 36.0 Å². The highest BCUT2D eigenvalue weighted by Gasteiger charge is 2.25. The van der Waals surface area contributed by atoms with Crippen LogP contribution in [0.25, 0.3) is 0 Å². The fourth-order valence-electron chi connectivity index (χ4n) is 3.59. The minimum atomic E-state index is -0.405. The Hall–Kier alpha value is -3.20. The quantitative estimate of drug-likeness (QED) is 0.431. The Kier molecular flexibility index (Phi) is 8.44. The van der Waals surface area contributed by atoms with E-state index in [0.29, 0.717) is 16.5 Å². The molecule has 1 heterocycles. The second-order valence-corrected chi connectivity index (χ2v) is 9.34. The lowest BCUT2D eigenvalue weighted by Gasteiger charge is -2.21. The molecule has 0 saturated heterocycles. The number of thioether (sulfide) groups is 1. The average Bonchev–Trinajstić information content (AvgIpc) is 3.17. The third-order valence-corrected chi connectivity index (χ3v) is 6.56. The Balaban J connectivity index is 1.68. The number of aryl methyl sites for hydroxylation is 2. The first kappa shape index (κ1) is 25.4. The predicted octanol–water partition coefficient (Wildman–Crippen LogP) is 4.68. The second kappa shape index (κ2) is 11.3. The largest absolute Gasteiger partial charge is 0.342 e. The summed E-state index contributed by atoms with van der Waals surface area (Å²) in [6.45, 7) is 7.97. The van der Waals surface area contributed by atoms with Crippen molar-refractivity contribution in [1.29, 1.82) is 0 Å². The summed E-state index contributed by atoms with van der Waals surface area (Å²) in [5.41, 5.74) is 3.34. The van der Waals surface area contributed by atoms with Crippen molar-refractivity contribution in [2.45, 2.75) is 45.3 Å². The van der Waals surface area contributed by atoms with Gasteiger partial charge < -0.3 is 15.2 Å². The topological polar surface area (TPSA) is 88.9 Å². The normalized spacial score (nSPS) is 12.0. The van der Waals surface area contributed by atoms with Crippen LogP contribution in [0.4, 0.5) is 10.1 Å². The number of nitrogens with one attached hydrogen (secondary N) is 2. The number of hydrogen-bond acceptors (Lipinski definition) is 5. The highest BCUT2D eigenvalue weighted by Crippen LogP contribution is 2.25. The summed E-state index contributed by atoms with van der Waals surface area (Å²) in [7, 11) is 1.81. The van der Waals surface area contributed by atoms with E-state index in [-0.39, 0.29) is 23.5 Å². The van der Waals surface area contributed by atoms with E-state index in [2.05, 4.69) is 27.8 Å². The van der Waals surface area contributed by atoms with Crippen molar-refractivity contribution < 1.29 is 14.0 Å². The summed E-state index contributed by atoms with van der Waals surface area (Å²) in [6, 6.07) is 11.0. The molecule has 0 aliphatic rings. The van der Waals surface area contributed by atoms with Crippen LogP contribution in [-0.4, -0.2) is 32.3 Å². The first-order valence-electron chi connectivity index (χ1n) is 11.2. The molecule has 3 rings (SSSR count). The number of carbonyl (C=O) groups excluding carboxylic acids is 2. The lowest BCUT2D eigenvalue weighted by molar-refractivity contribution is -0.113. The summed E-state index contributed by atoms with van der Waals surface area (Å²) in [4.78, 5) is 25.3. The van der Waals surface area contributed by atoms with E-state index in [0.717, 1.165) is 23.2 Å². The Labute approximate surface area is 203 Å². The molecule has 0 spiro atoms. The molecule has 0 fully saturated rings. The van der Waals surface area contributed by atoms with Crippen molar-refractivity contribution in [2.24, 2.45) is 13.0 Å². The van der Waals surface area contributed by atoms with Gasteiger partial charge in [-0.1, -0.05) is 50.7 Å². The van der Waals surface area contributed by atoms with Gasteiger partial charge in [0.05, 0.1) is 11.8 Å². The van der Waals surface area contributed by atoms with Crippen molar-refractivity contribution in [3.8, 4) is 0 Å². The van der Waals surface area contributed by atoms with Gasteiger partial charge in [-0.3, -0.25) is 9.59 Å². The van der Waals surface area contributed by atoms with E-state index in [4.69, 9.17) is 0 Å². The molecule has 2 aromatic carbocycles. The smallest absolute Gasteiger partial charge is 0.251 e. The molecular weight excluding hydrogens is 453 g/mol. The monoisotopic (exact) mass is 483 g/mol. The van der Waals surface area contributed by atoms with Gasteiger partial charge in [-0.25, -0.2) is 4.39 Å². The summed E-state index contributed by atoms with van der Waals surface area (Å²) in [6.07, 6.45) is 0.831. The molecule has 0 aliphatic heterocycles. The first-order valence-corrected chi connectivity index (χ1v) is 12.2. The standard InChI is InChI=1S/C25H30FN5O2S/c1-6-17-9-7-8-16(4)22(17)27-20(32)14-34-25-30-29-23(31(25)5)21(15(2)3)28-24(33)18-10-12-19(26)13-11-18/h7-13,15,21H,6,14H2,1-5H3,(H,27,32)(H,28,33). The molecule has 1 unspecified atom stereocenters. The van der Waals surface area contributed by atoms with E-state index < -0.39 is 11.9 Å². The van der Waals surface area contributed by atoms with Gasteiger partial charge in [-0.2, -0.15) is 0 Å². The van der Waals surface area contributed by atoms with Gasteiger partial charge in [-0.15, -0.1) is 10.2 Å². The number of benzene rings is 2. The summed E-state index contributed by atoms with van der Waals surface area (Å²) in [5, 5.41) is 15.1. The molecule has 0 radical (unpaired) electrons. The molecule has 0 saturated carbocycles. The van der Waals surface area contributed by atoms with Crippen molar-refractivity contribution in [2.75, 3.05) is 11.1 Å². The molecule has 7 nitrogen and oxygen atoms in total. The minimum Gasteiger partial charge on any atom is -0.342 e. The van der Waals surface area contributed by atoms with Crippen molar-refractivity contribution in [3.63, 3.8) is 0 Å². The molecule has 180 valence electrons. The van der Waals surface area contributed by atoms with Crippen LogP contribution in [0.2, 0.25) is 0 Å². The highest BCUT2D eigenvalue weighted by atomic mass is 32.2. The average molecular weight is 484 g/mol. The molecule has 9 heteroatoms.